The first-order valence-electron chi connectivity index (χ1n) is 8.74. The summed E-state index contributed by atoms with van der Waals surface area (Å²) < 4.78 is 5.51. The highest BCUT2D eigenvalue weighted by molar-refractivity contribution is 6.30. The van der Waals surface area contributed by atoms with Gasteiger partial charge in [0, 0.05) is 5.02 Å². The van der Waals surface area contributed by atoms with Crippen molar-refractivity contribution < 1.29 is 9.53 Å². The molecule has 3 rings (SSSR count). The van der Waals surface area contributed by atoms with Crippen LogP contribution in [-0.2, 0) is 16.1 Å². The molecule has 0 heterocycles. The van der Waals surface area contributed by atoms with Crippen LogP contribution in [0.5, 0.6) is 0 Å². The Hall–Kier alpha value is -2.58. The zero-order valence-electron chi connectivity index (χ0n) is 14.7. The molecule has 3 aromatic carbocycles. The quantitative estimate of drug-likeness (QED) is 0.483. The third-order valence-corrected chi connectivity index (χ3v) is 4.62. The van der Waals surface area contributed by atoms with Gasteiger partial charge in [0.15, 0.2) is 0 Å². The maximum absolute atomic E-state index is 12.5. The number of hydrogen-bond acceptors (Lipinski definition) is 2. The Balaban J connectivity index is 1.70. The average Bonchev–Trinajstić information content (AvgIpc) is 2.68. The van der Waals surface area contributed by atoms with Gasteiger partial charge >= 0.3 is 5.97 Å². The van der Waals surface area contributed by atoms with Gasteiger partial charge in [-0.25, -0.2) is 0 Å². The van der Waals surface area contributed by atoms with Gasteiger partial charge in [-0.2, -0.15) is 0 Å². The molecule has 0 aliphatic rings. The van der Waals surface area contributed by atoms with Crippen LogP contribution in [0.2, 0.25) is 5.02 Å². The molecule has 0 aromatic heterocycles. The van der Waals surface area contributed by atoms with Crippen molar-refractivity contribution in [1.82, 2.24) is 0 Å². The molecule has 0 saturated carbocycles. The highest BCUT2D eigenvalue weighted by Gasteiger charge is 2.20. The SMILES string of the molecule is CCC(C(=O)OCc1ccccc1)c1ccc(-c2cccc(Cl)c2)cc1. The minimum absolute atomic E-state index is 0.188. The summed E-state index contributed by atoms with van der Waals surface area (Å²) in [6, 6.07) is 25.5. The lowest BCUT2D eigenvalue weighted by atomic mass is 9.94. The first kappa shape index (κ1) is 18.2. The van der Waals surface area contributed by atoms with E-state index in [1.54, 1.807) is 0 Å². The molecule has 0 fully saturated rings. The molecular formula is C23H21ClO2. The maximum Gasteiger partial charge on any atom is 0.313 e. The van der Waals surface area contributed by atoms with Gasteiger partial charge in [-0.3, -0.25) is 4.79 Å². The van der Waals surface area contributed by atoms with Gasteiger partial charge in [0.25, 0.3) is 0 Å². The third-order valence-electron chi connectivity index (χ3n) is 4.39. The molecule has 3 heteroatoms. The van der Waals surface area contributed by atoms with Crippen molar-refractivity contribution in [3.8, 4) is 11.1 Å². The summed E-state index contributed by atoms with van der Waals surface area (Å²) in [5.74, 6) is -0.445. The Morgan fingerprint density at radius 1 is 0.923 bits per heavy atom. The number of carbonyl (C=O) groups is 1. The van der Waals surface area contributed by atoms with Crippen molar-refractivity contribution >= 4 is 17.6 Å². The first-order chi connectivity index (χ1) is 12.7. The summed E-state index contributed by atoms with van der Waals surface area (Å²) in [4.78, 5) is 12.5. The molecule has 2 nitrogen and oxygen atoms in total. The van der Waals surface area contributed by atoms with Crippen molar-refractivity contribution in [2.24, 2.45) is 0 Å². The maximum atomic E-state index is 12.5. The molecule has 3 aromatic rings. The molecule has 0 aliphatic carbocycles. The van der Waals surface area contributed by atoms with Crippen LogP contribution in [0.25, 0.3) is 11.1 Å². The Morgan fingerprint density at radius 2 is 1.65 bits per heavy atom. The molecule has 132 valence electrons. The summed E-state index contributed by atoms with van der Waals surface area (Å²) in [7, 11) is 0. The fraction of sp³-hybridized carbons (Fsp3) is 0.174. The van der Waals surface area contributed by atoms with Gasteiger partial charge in [0.05, 0.1) is 5.92 Å². The van der Waals surface area contributed by atoms with E-state index in [0.717, 1.165) is 22.3 Å². The van der Waals surface area contributed by atoms with E-state index in [1.165, 1.54) is 0 Å². The lowest BCUT2D eigenvalue weighted by molar-refractivity contribution is -0.146. The highest BCUT2D eigenvalue weighted by Crippen LogP contribution is 2.27. The van der Waals surface area contributed by atoms with Crippen LogP contribution in [0.15, 0.2) is 78.9 Å². The molecule has 0 saturated heterocycles. The van der Waals surface area contributed by atoms with Gasteiger partial charge in [-0.15, -0.1) is 0 Å². The summed E-state index contributed by atoms with van der Waals surface area (Å²) in [5, 5.41) is 0.711. The average molecular weight is 365 g/mol. The summed E-state index contributed by atoms with van der Waals surface area (Å²) in [6.07, 6.45) is 0.699. The largest absolute Gasteiger partial charge is 0.460 e. The predicted octanol–water partition coefficient (Wildman–Crippen LogP) is 6.24. The van der Waals surface area contributed by atoms with Crippen molar-refractivity contribution in [1.29, 1.82) is 0 Å². The second-order valence-corrected chi connectivity index (χ2v) is 6.62. The summed E-state index contributed by atoms with van der Waals surface area (Å²) in [5.41, 5.74) is 4.09. The summed E-state index contributed by atoms with van der Waals surface area (Å²) >= 11 is 6.06. The third kappa shape index (κ3) is 4.53. The van der Waals surface area contributed by atoms with Gasteiger partial charge in [0.2, 0.25) is 0 Å². The zero-order chi connectivity index (χ0) is 18.4. The number of rotatable bonds is 6. The molecule has 0 amide bonds. The fourth-order valence-electron chi connectivity index (χ4n) is 2.94. The van der Waals surface area contributed by atoms with Crippen molar-refractivity contribution in [2.45, 2.75) is 25.9 Å². The molecule has 26 heavy (non-hydrogen) atoms. The van der Waals surface area contributed by atoms with Gasteiger partial charge in [0.1, 0.15) is 6.61 Å². The van der Waals surface area contributed by atoms with Crippen LogP contribution in [0.4, 0.5) is 0 Å². The number of carbonyl (C=O) groups excluding carboxylic acids is 1. The monoisotopic (exact) mass is 364 g/mol. The Bertz CT molecular complexity index is 857. The van der Waals surface area contributed by atoms with Gasteiger partial charge in [-0.1, -0.05) is 85.3 Å². The molecule has 0 spiro atoms. The van der Waals surface area contributed by atoms with Crippen LogP contribution in [-0.4, -0.2) is 5.97 Å². The number of ether oxygens (including phenoxy) is 1. The lowest BCUT2D eigenvalue weighted by Crippen LogP contribution is -2.15. The number of esters is 1. The van der Waals surface area contributed by atoms with Crippen LogP contribution < -0.4 is 0 Å². The second kappa shape index (κ2) is 8.68. The number of hydrogen-bond donors (Lipinski definition) is 0. The van der Waals surface area contributed by atoms with Gasteiger partial charge < -0.3 is 4.74 Å². The highest BCUT2D eigenvalue weighted by atomic mass is 35.5. The molecule has 0 aliphatic heterocycles. The number of halogens is 1. The van der Waals surface area contributed by atoms with E-state index in [9.17, 15) is 4.79 Å². The molecule has 0 bridgehead atoms. The van der Waals surface area contributed by atoms with Crippen LogP contribution in [0, 0.1) is 0 Å². The van der Waals surface area contributed by atoms with E-state index in [2.05, 4.69) is 0 Å². The minimum atomic E-state index is -0.257. The minimum Gasteiger partial charge on any atom is -0.460 e. The van der Waals surface area contributed by atoms with E-state index in [-0.39, 0.29) is 11.9 Å². The van der Waals surface area contributed by atoms with E-state index < -0.39 is 0 Å². The Labute approximate surface area is 159 Å². The standard InChI is InChI=1S/C23H21ClO2/c1-2-22(23(25)26-16-17-7-4-3-5-8-17)19-13-11-18(12-14-19)20-9-6-10-21(24)15-20/h3-15,22H,2,16H2,1H3. The normalized spacial score (nSPS) is 11.8. The smallest absolute Gasteiger partial charge is 0.313 e. The van der Waals surface area contributed by atoms with Crippen molar-refractivity contribution in [3.63, 3.8) is 0 Å². The number of benzene rings is 3. The topological polar surface area (TPSA) is 26.3 Å². The van der Waals surface area contributed by atoms with Crippen LogP contribution in [0.3, 0.4) is 0 Å². The van der Waals surface area contributed by atoms with Crippen LogP contribution >= 0.6 is 11.6 Å². The van der Waals surface area contributed by atoms with Crippen molar-refractivity contribution in [2.75, 3.05) is 0 Å². The lowest BCUT2D eigenvalue weighted by Gasteiger charge is -2.15. The predicted molar refractivity (Wildman–Crippen MR) is 106 cm³/mol. The van der Waals surface area contributed by atoms with E-state index in [1.807, 2.05) is 85.8 Å². The van der Waals surface area contributed by atoms with E-state index in [0.29, 0.717) is 18.1 Å². The fourth-order valence-corrected chi connectivity index (χ4v) is 3.13. The first-order valence-corrected chi connectivity index (χ1v) is 9.11. The summed E-state index contributed by atoms with van der Waals surface area (Å²) in [6.45, 7) is 2.30. The second-order valence-electron chi connectivity index (χ2n) is 6.19. The van der Waals surface area contributed by atoms with E-state index in [4.69, 9.17) is 16.3 Å². The molecule has 0 N–H and O–H groups in total. The zero-order valence-corrected chi connectivity index (χ0v) is 15.4. The molecule has 1 unspecified atom stereocenters. The molecular weight excluding hydrogens is 344 g/mol. The molecule has 0 radical (unpaired) electrons. The molecule has 1 atom stereocenters. The van der Waals surface area contributed by atoms with E-state index >= 15 is 0 Å². The Morgan fingerprint density at radius 3 is 2.31 bits per heavy atom. The van der Waals surface area contributed by atoms with Crippen molar-refractivity contribution in [3.05, 3.63) is 95.0 Å². The Kier molecular flexibility index (Phi) is 6.08. The van der Waals surface area contributed by atoms with Gasteiger partial charge in [-0.05, 0) is 40.8 Å². The van der Waals surface area contributed by atoms with Crippen LogP contribution in [0.1, 0.15) is 30.4 Å².